The zero-order valence-electron chi connectivity index (χ0n) is 16.7. The molecule has 1 N–H and O–H groups in total. The fraction of sp³-hybridized carbons (Fsp3) is 0.375. The number of amides is 3. The van der Waals surface area contributed by atoms with Crippen LogP contribution in [-0.2, 0) is 14.4 Å². The Kier molecular flexibility index (Phi) is 4.77. The largest absolute Gasteiger partial charge is 0.324 e. The Labute approximate surface area is 184 Å². The van der Waals surface area contributed by atoms with Gasteiger partial charge in [-0.25, -0.2) is 0 Å². The third-order valence-corrected chi connectivity index (χ3v) is 7.59. The van der Waals surface area contributed by atoms with E-state index >= 15 is 0 Å². The number of carbonyl (C=O) groups is 3. The Morgan fingerprint density at radius 2 is 1.80 bits per heavy atom. The number of fused-ring (bicyclic) bond motifs is 5. The van der Waals surface area contributed by atoms with Crippen molar-refractivity contribution in [2.24, 2.45) is 23.7 Å². The number of hydrogen-bond acceptors (Lipinski definition) is 3. The Balaban J connectivity index is 1.31. The molecule has 0 spiro atoms. The van der Waals surface area contributed by atoms with Crippen molar-refractivity contribution in [3.8, 4) is 0 Å². The van der Waals surface area contributed by atoms with Crippen LogP contribution < -0.4 is 5.32 Å². The zero-order chi connectivity index (χ0) is 21.0. The van der Waals surface area contributed by atoms with Gasteiger partial charge in [-0.05, 0) is 66.8 Å². The fourth-order valence-electron chi connectivity index (χ4n) is 5.86. The van der Waals surface area contributed by atoms with Crippen LogP contribution in [0.3, 0.4) is 0 Å². The summed E-state index contributed by atoms with van der Waals surface area (Å²) in [4.78, 5) is 40.0. The molecule has 2 saturated carbocycles. The molecule has 0 aromatic heterocycles. The van der Waals surface area contributed by atoms with E-state index in [0.29, 0.717) is 11.6 Å². The number of carbonyl (C=O) groups excluding carboxylic acids is 3. The smallest absolute Gasteiger partial charge is 0.244 e. The molecule has 2 aromatic rings. The molecule has 1 heterocycles. The molecule has 0 radical (unpaired) electrons. The van der Waals surface area contributed by atoms with Crippen LogP contribution in [0.4, 0.5) is 5.69 Å². The average Bonchev–Trinajstić information content (AvgIpc) is 3.39. The lowest BCUT2D eigenvalue weighted by molar-refractivity contribution is -0.143. The highest BCUT2D eigenvalue weighted by Gasteiger charge is 2.63. The molecule has 5 atom stereocenters. The van der Waals surface area contributed by atoms with Crippen LogP contribution in [0.15, 0.2) is 53.0 Å². The van der Waals surface area contributed by atoms with Gasteiger partial charge in [-0.2, -0.15) is 0 Å². The van der Waals surface area contributed by atoms with E-state index in [0.717, 1.165) is 22.9 Å². The predicted octanol–water partition coefficient (Wildman–Crippen LogP) is 4.12. The molecule has 30 heavy (non-hydrogen) atoms. The number of nitrogens with one attached hydrogen (secondary N) is 1. The quantitative estimate of drug-likeness (QED) is 0.689. The summed E-state index contributed by atoms with van der Waals surface area (Å²) in [6, 6.07) is 15.9. The van der Waals surface area contributed by atoms with Gasteiger partial charge >= 0.3 is 0 Å². The van der Waals surface area contributed by atoms with Crippen LogP contribution >= 0.6 is 15.9 Å². The van der Waals surface area contributed by atoms with E-state index in [1.807, 2.05) is 43.3 Å². The van der Waals surface area contributed by atoms with Crippen LogP contribution in [0, 0.1) is 30.6 Å². The first-order valence-electron chi connectivity index (χ1n) is 10.4. The summed E-state index contributed by atoms with van der Waals surface area (Å²) in [5.74, 6) is -0.424. The minimum Gasteiger partial charge on any atom is -0.324 e. The molecule has 1 saturated heterocycles. The monoisotopic (exact) mass is 466 g/mol. The molecule has 3 aliphatic rings. The van der Waals surface area contributed by atoms with Crippen LogP contribution in [0.5, 0.6) is 0 Å². The number of rotatable bonds is 4. The summed E-state index contributed by atoms with van der Waals surface area (Å²) in [6.07, 6.45) is 1.89. The molecule has 5 rings (SSSR count). The second-order valence-corrected chi connectivity index (χ2v) is 9.65. The lowest BCUT2D eigenvalue weighted by Gasteiger charge is -2.28. The number of imide groups is 1. The van der Waals surface area contributed by atoms with Gasteiger partial charge in [0.05, 0.1) is 11.8 Å². The van der Waals surface area contributed by atoms with Gasteiger partial charge in [0.15, 0.2) is 0 Å². The van der Waals surface area contributed by atoms with E-state index in [2.05, 4.69) is 33.4 Å². The number of anilines is 1. The van der Waals surface area contributed by atoms with E-state index < -0.39 is 0 Å². The standard InChI is InChI=1S/C24H23BrN2O3/c1-13-9-16(25)7-8-19(13)26-20(28)12-27-23(29)21-15-10-17(14-5-3-2-4-6-14)18(11-15)22(21)24(27)30/h2-9,15,17-18,21-22H,10-12H2,1H3,(H,26,28)/t15-,17+,18+,21+,22-/m0/s1. The summed E-state index contributed by atoms with van der Waals surface area (Å²) in [6.45, 7) is 1.69. The van der Waals surface area contributed by atoms with Gasteiger partial charge in [-0.15, -0.1) is 0 Å². The number of benzene rings is 2. The molecule has 0 unspecified atom stereocenters. The van der Waals surface area contributed by atoms with Gasteiger partial charge in [0, 0.05) is 10.2 Å². The first kappa shape index (κ1) is 19.5. The van der Waals surface area contributed by atoms with E-state index in [-0.39, 0.29) is 47.9 Å². The van der Waals surface area contributed by atoms with Gasteiger partial charge < -0.3 is 5.32 Å². The van der Waals surface area contributed by atoms with Gasteiger partial charge in [-0.1, -0.05) is 46.3 Å². The van der Waals surface area contributed by atoms with Crippen molar-refractivity contribution < 1.29 is 14.4 Å². The molecule has 3 amide bonds. The lowest BCUT2D eigenvalue weighted by Crippen LogP contribution is -2.39. The number of aryl methyl sites for hydroxylation is 1. The van der Waals surface area contributed by atoms with Gasteiger partial charge in [0.1, 0.15) is 6.54 Å². The molecule has 2 aliphatic carbocycles. The van der Waals surface area contributed by atoms with Gasteiger partial charge in [-0.3, -0.25) is 19.3 Å². The molecule has 5 nitrogen and oxygen atoms in total. The molecule has 6 heteroatoms. The fourth-order valence-corrected chi connectivity index (χ4v) is 6.34. The number of nitrogens with zero attached hydrogens (tertiary/aromatic N) is 1. The summed E-state index contributed by atoms with van der Waals surface area (Å²) >= 11 is 3.41. The Morgan fingerprint density at radius 3 is 2.53 bits per heavy atom. The van der Waals surface area contributed by atoms with Crippen molar-refractivity contribution >= 4 is 39.3 Å². The Morgan fingerprint density at radius 1 is 1.07 bits per heavy atom. The van der Waals surface area contributed by atoms with Crippen molar-refractivity contribution in [2.75, 3.05) is 11.9 Å². The SMILES string of the molecule is Cc1cc(Br)ccc1NC(=O)CN1C(=O)[C@@H]2[C@@H]3C[C@@H]([C@@H]2C1=O)[C@@H](c1ccccc1)C3. The first-order chi connectivity index (χ1) is 14.4. The van der Waals surface area contributed by atoms with Crippen LogP contribution in [0.1, 0.15) is 29.9 Å². The van der Waals surface area contributed by atoms with Gasteiger partial charge in [0.25, 0.3) is 0 Å². The highest BCUT2D eigenvalue weighted by atomic mass is 79.9. The molecule has 2 bridgehead atoms. The third-order valence-electron chi connectivity index (χ3n) is 7.10. The average molecular weight is 467 g/mol. The Bertz CT molecular complexity index is 1040. The van der Waals surface area contributed by atoms with E-state index in [4.69, 9.17) is 0 Å². The van der Waals surface area contributed by atoms with Crippen LogP contribution in [0.25, 0.3) is 0 Å². The third kappa shape index (κ3) is 3.09. The molecule has 154 valence electrons. The number of likely N-dealkylation sites (tertiary alicyclic amines) is 1. The normalized spacial score (nSPS) is 29.4. The predicted molar refractivity (Wildman–Crippen MR) is 117 cm³/mol. The molecular weight excluding hydrogens is 444 g/mol. The lowest BCUT2D eigenvalue weighted by atomic mass is 9.73. The highest BCUT2D eigenvalue weighted by molar-refractivity contribution is 9.10. The second kappa shape index (κ2) is 7.34. The number of hydrogen-bond donors (Lipinski definition) is 1. The van der Waals surface area contributed by atoms with Crippen LogP contribution in [-0.4, -0.2) is 29.2 Å². The summed E-state index contributed by atoms with van der Waals surface area (Å²) in [5.41, 5.74) is 2.86. The van der Waals surface area contributed by atoms with Gasteiger partial charge in [0.2, 0.25) is 17.7 Å². The summed E-state index contributed by atoms with van der Waals surface area (Å²) in [5, 5.41) is 2.84. The van der Waals surface area contributed by atoms with E-state index in [1.54, 1.807) is 0 Å². The zero-order valence-corrected chi connectivity index (χ0v) is 18.3. The number of halogens is 1. The van der Waals surface area contributed by atoms with Crippen molar-refractivity contribution in [1.82, 2.24) is 4.90 Å². The molecular formula is C24H23BrN2O3. The summed E-state index contributed by atoms with van der Waals surface area (Å²) < 4.78 is 0.930. The maximum Gasteiger partial charge on any atom is 0.244 e. The highest BCUT2D eigenvalue weighted by Crippen LogP contribution is 2.61. The molecule has 3 fully saturated rings. The molecule has 1 aliphatic heterocycles. The molecule has 2 aromatic carbocycles. The second-order valence-electron chi connectivity index (χ2n) is 8.73. The van der Waals surface area contributed by atoms with Crippen molar-refractivity contribution in [3.05, 3.63) is 64.1 Å². The summed E-state index contributed by atoms with van der Waals surface area (Å²) in [7, 11) is 0. The first-order valence-corrected chi connectivity index (χ1v) is 11.2. The maximum atomic E-state index is 13.2. The topological polar surface area (TPSA) is 66.5 Å². The van der Waals surface area contributed by atoms with Crippen LogP contribution in [0.2, 0.25) is 0 Å². The van der Waals surface area contributed by atoms with Crippen molar-refractivity contribution in [1.29, 1.82) is 0 Å². The van der Waals surface area contributed by atoms with E-state index in [1.165, 1.54) is 10.5 Å². The minimum atomic E-state index is -0.339. The Hall–Kier alpha value is -2.47. The van der Waals surface area contributed by atoms with E-state index in [9.17, 15) is 14.4 Å². The van der Waals surface area contributed by atoms with Crippen molar-refractivity contribution in [2.45, 2.75) is 25.7 Å². The van der Waals surface area contributed by atoms with Crippen molar-refractivity contribution in [3.63, 3.8) is 0 Å². The minimum absolute atomic E-state index is 0.160. The maximum absolute atomic E-state index is 13.2.